The number of hydrogen-bond donors (Lipinski definition) is 2. The SMILES string of the molecule is C#CCN(CCC)S(=O)(=O)c1cc(C(=O)O)c(O)cc1C. The average Bonchev–Trinajstić information content (AvgIpc) is 2.37. The van der Waals surface area contributed by atoms with Crippen molar-refractivity contribution in [3.8, 4) is 18.1 Å². The first-order valence-corrected chi connectivity index (χ1v) is 7.70. The maximum atomic E-state index is 12.6. The molecule has 2 N–H and O–H groups in total. The van der Waals surface area contributed by atoms with Gasteiger partial charge >= 0.3 is 5.97 Å². The Bertz CT molecular complexity index is 688. The van der Waals surface area contributed by atoms with Gasteiger partial charge in [0.15, 0.2) is 0 Å². The molecule has 114 valence electrons. The molecule has 0 unspecified atom stereocenters. The second-order valence-electron chi connectivity index (χ2n) is 4.48. The molecule has 21 heavy (non-hydrogen) atoms. The van der Waals surface area contributed by atoms with Crippen molar-refractivity contribution in [3.63, 3.8) is 0 Å². The fourth-order valence-corrected chi connectivity index (χ4v) is 3.57. The average molecular weight is 311 g/mol. The third-order valence-electron chi connectivity index (χ3n) is 2.88. The second-order valence-corrected chi connectivity index (χ2v) is 6.39. The molecule has 1 aromatic rings. The van der Waals surface area contributed by atoms with Crippen LogP contribution in [0.4, 0.5) is 0 Å². The number of phenols is 1. The lowest BCUT2D eigenvalue weighted by molar-refractivity contribution is 0.0693. The molecule has 0 saturated carbocycles. The molecule has 0 fully saturated rings. The zero-order chi connectivity index (χ0) is 16.2. The first-order valence-electron chi connectivity index (χ1n) is 6.26. The van der Waals surface area contributed by atoms with Crippen molar-refractivity contribution in [1.29, 1.82) is 0 Å². The van der Waals surface area contributed by atoms with E-state index in [1.807, 2.05) is 6.92 Å². The predicted octanol–water partition coefficient (Wildman–Crippen LogP) is 1.43. The number of rotatable bonds is 6. The van der Waals surface area contributed by atoms with Gasteiger partial charge in [-0.2, -0.15) is 4.31 Å². The zero-order valence-electron chi connectivity index (χ0n) is 11.8. The largest absolute Gasteiger partial charge is 0.507 e. The Kier molecular flexibility index (Phi) is 5.35. The monoisotopic (exact) mass is 311 g/mol. The molecular weight excluding hydrogens is 294 g/mol. The van der Waals surface area contributed by atoms with E-state index in [0.717, 1.165) is 16.4 Å². The van der Waals surface area contributed by atoms with Crippen molar-refractivity contribution in [1.82, 2.24) is 4.31 Å². The minimum absolute atomic E-state index is 0.0983. The van der Waals surface area contributed by atoms with Crippen molar-refractivity contribution < 1.29 is 23.4 Å². The van der Waals surface area contributed by atoms with E-state index < -0.39 is 27.3 Å². The third-order valence-corrected chi connectivity index (χ3v) is 4.87. The molecule has 1 rings (SSSR count). The van der Waals surface area contributed by atoms with Gasteiger partial charge in [0.1, 0.15) is 11.3 Å². The molecule has 0 saturated heterocycles. The van der Waals surface area contributed by atoms with Crippen LogP contribution in [-0.2, 0) is 10.0 Å². The van der Waals surface area contributed by atoms with Gasteiger partial charge < -0.3 is 10.2 Å². The van der Waals surface area contributed by atoms with E-state index in [0.29, 0.717) is 6.42 Å². The van der Waals surface area contributed by atoms with E-state index in [2.05, 4.69) is 5.92 Å². The van der Waals surface area contributed by atoms with Gasteiger partial charge in [-0.15, -0.1) is 6.42 Å². The summed E-state index contributed by atoms with van der Waals surface area (Å²) in [6.07, 6.45) is 5.76. The van der Waals surface area contributed by atoms with Crippen LogP contribution in [-0.4, -0.2) is 42.0 Å². The minimum Gasteiger partial charge on any atom is -0.507 e. The van der Waals surface area contributed by atoms with E-state index in [-0.39, 0.29) is 23.5 Å². The van der Waals surface area contributed by atoms with Crippen molar-refractivity contribution in [3.05, 3.63) is 23.3 Å². The lowest BCUT2D eigenvalue weighted by Crippen LogP contribution is -2.32. The maximum absolute atomic E-state index is 12.6. The molecule has 0 aliphatic carbocycles. The smallest absolute Gasteiger partial charge is 0.339 e. The Morgan fingerprint density at radius 1 is 1.43 bits per heavy atom. The summed E-state index contributed by atoms with van der Waals surface area (Å²) in [6, 6.07) is 2.08. The topological polar surface area (TPSA) is 94.9 Å². The summed E-state index contributed by atoms with van der Waals surface area (Å²) in [7, 11) is -3.91. The van der Waals surface area contributed by atoms with Gasteiger partial charge in [0.2, 0.25) is 10.0 Å². The number of carboxylic acid groups (broad SMARTS) is 1. The van der Waals surface area contributed by atoms with Gasteiger partial charge in [0.25, 0.3) is 0 Å². The number of nitrogens with zero attached hydrogens (tertiary/aromatic N) is 1. The molecule has 0 aromatic heterocycles. The third kappa shape index (κ3) is 3.54. The molecule has 0 bridgehead atoms. The summed E-state index contributed by atoms with van der Waals surface area (Å²) in [5, 5.41) is 18.6. The highest BCUT2D eigenvalue weighted by Gasteiger charge is 2.27. The first-order chi connectivity index (χ1) is 9.75. The van der Waals surface area contributed by atoms with Crippen molar-refractivity contribution in [2.45, 2.75) is 25.2 Å². The minimum atomic E-state index is -3.91. The molecule has 0 aliphatic rings. The summed E-state index contributed by atoms with van der Waals surface area (Å²) >= 11 is 0. The molecule has 6 nitrogen and oxygen atoms in total. The highest BCUT2D eigenvalue weighted by atomic mass is 32.2. The van der Waals surface area contributed by atoms with Crippen LogP contribution >= 0.6 is 0 Å². The van der Waals surface area contributed by atoms with Crippen LogP contribution in [0.5, 0.6) is 5.75 Å². The fourth-order valence-electron chi connectivity index (χ4n) is 1.90. The van der Waals surface area contributed by atoms with Gasteiger partial charge in [-0.1, -0.05) is 12.8 Å². The number of aromatic hydroxyl groups is 1. The lowest BCUT2D eigenvalue weighted by Gasteiger charge is -2.20. The Hall–Kier alpha value is -2.04. The van der Waals surface area contributed by atoms with Crippen LogP contribution in [0.1, 0.15) is 29.3 Å². The van der Waals surface area contributed by atoms with E-state index in [1.165, 1.54) is 6.92 Å². The first kappa shape index (κ1) is 17.0. The van der Waals surface area contributed by atoms with E-state index >= 15 is 0 Å². The molecule has 0 radical (unpaired) electrons. The molecule has 0 atom stereocenters. The molecular formula is C14H17NO5S. The van der Waals surface area contributed by atoms with Gasteiger partial charge in [-0.05, 0) is 31.0 Å². The van der Waals surface area contributed by atoms with E-state index in [4.69, 9.17) is 11.5 Å². The van der Waals surface area contributed by atoms with Crippen LogP contribution in [0.3, 0.4) is 0 Å². The molecule has 7 heteroatoms. The molecule has 1 aromatic carbocycles. The predicted molar refractivity (Wildman–Crippen MR) is 77.7 cm³/mol. The van der Waals surface area contributed by atoms with Crippen LogP contribution in [0, 0.1) is 19.3 Å². The highest BCUT2D eigenvalue weighted by molar-refractivity contribution is 7.89. The lowest BCUT2D eigenvalue weighted by atomic mass is 10.1. The number of aryl methyl sites for hydroxylation is 1. The second kappa shape index (κ2) is 6.61. The quantitative estimate of drug-likeness (QED) is 0.775. The summed E-state index contributed by atoms with van der Waals surface area (Å²) in [6.45, 7) is 3.43. The Labute approximate surface area is 124 Å². The van der Waals surface area contributed by atoms with E-state index in [9.17, 15) is 18.3 Å². The number of aromatic carboxylic acids is 1. The number of carboxylic acids is 1. The summed E-state index contributed by atoms with van der Waals surface area (Å²) in [4.78, 5) is 10.9. The van der Waals surface area contributed by atoms with Crippen LogP contribution < -0.4 is 0 Å². The maximum Gasteiger partial charge on any atom is 0.339 e. The Morgan fingerprint density at radius 2 is 2.05 bits per heavy atom. The van der Waals surface area contributed by atoms with Crippen molar-refractivity contribution in [2.75, 3.05) is 13.1 Å². The number of terminal acetylenes is 1. The number of sulfonamides is 1. The summed E-state index contributed by atoms with van der Waals surface area (Å²) in [5.41, 5.74) is -0.202. The normalized spacial score (nSPS) is 11.3. The molecule has 0 amide bonds. The van der Waals surface area contributed by atoms with Crippen molar-refractivity contribution >= 4 is 16.0 Å². The van der Waals surface area contributed by atoms with Crippen LogP contribution in [0.25, 0.3) is 0 Å². The van der Waals surface area contributed by atoms with E-state index in [1.54, 1.807) is 0 Å². The Morgan fingerprint density at radius 3 is 2.52 bits per heavy atom. The van der Waals surface area contributed by atoms with Crippen molar-refractivity contribution in [2.24, 2.45) is 0 Å². The summed E-state index contributed by atoms with van der Waals surface area (Å²) < 4.78 is 26.3. The molecule has 0 heterocycles. The van der Waals surface area contributed by atoms with Gasteiger partial charge in [0.05, 0.1) is 11.4 Å². The zero-order valence-corrected chi connectivity index (χ0v) is 12.6. The summed E-state index contributed by atoms with van der Waals surface area (Å²) in [5.74, 6) is 0.404. The number of hydrogen-bond acceptors (Lipinski definition) is 4. The number of carbonyl (C=O) groups is 1. The van der Waals surface area contributed by atoms with Gasteiger partial charge in [-0.3, -0.25) is 0 Å². The van der Waals surface area contributed by atoms with Gasteiger partial charge in [-0.25, -0.2) is 13.2 Å². The highest BCUT2D eigenvalue weighted by Crippen LogP contribution is 2.27. The number of benzene rings is 1. The molecule has 0 spiro atoms. The van der Waals surface area contributed by atoms with Gasteiger partial charge in [0, 0.05) is 6.54 Å². The standard InChI is InChI=1S/C14H17NO5S/c1-4-6-15(7-5-2)21(19,20)13-9-11(14(17)18)12(16)8-10(13)3/h1,8-9,16H,5-7H2,2-3H3,(H,17,18). The van der Waals surface area contributed by atoms with Crippen LogP contribution in [0.15, 0.2) is 17.0 Å². The molecule has 0 aliphatic heterocycles. The van der Waals surface area contributed by atoms with Crippen LogP contribution in [0.2, 0.25) is 0 Å². The fraction of sp³-hybridized carbons (Fsp3) is 0.357. The Balaban J connectivity index is 3.46.